The third-order valence-corrected chi connectivity index (χ3v) is 3.58. The molecule has 116 valence electrons. The van der Waals surface area contributed by atoms with Crippen LogP contribution in [0.5, 0.6) is 0 Å². The van der Waals surface area contributed by atoms with E-state index in [-0.39, 0.29) is 17.9 Å². The summed E-state index contributed by atoms with van der Waals surface area (Å²) in [6.07, 6.45) is 3.66. The minimum Gasteiger partial charge on any atom is -0.353 e. The lowest BCUT2D eigenvalue weighted by Gasteiger charge is -2.31. The SMILES string of the molecule is CCC(=O)NC1CCN(C(=O)c2cn(CCN)nn2)CC1. The molecule has 1 aliphatic rings. The van der Waals surface area contributed by atoms with E-state index in [1.165, 1.54) is 0 Å². The maximum absolute atomic E-state index is 12.3. The summed E-state index contributed by atoms with van der Waals surface area (Å²) in [6, 6.07) is 0.162. The van der Waals surface area contributed by atoms with Gasteiger partial charge in [0.15, 0.2) is 5.69 Å². The first-order chi connectivity index (χ1) is 10.1. The number of hydrogen-bond donors (Lipinski definition) is 2. The third kappa shape index (κ3) is 4.01. The van der Waals surface area contributed by atoms with E-state index in [1.807, 2.05) is 6.92 Å². The number of rotatable bonds is 5. The summed E-state index contributed by atoms with van der Waals surface area (Å²) < 4.78 is 1.57. The van der Waals surface area contributed by atoms with Crippen LogP contribution in [0.25, 0.3) is 0 Å². The highest BCUT2D eigenvalue weighted by Gasteiger charge is 2.25. The zero-order chi connectivity index (χ0) is 15.2. The first-order valence-corrected chi connectivity index (χ1v) is 7.33. The van der Waals surface area contributed by atoms with E-state index in [0.717, 1.165) is 12.8 Å². The predicted molar refractivity (Wildman–Crippen MR) is 76.4 cm³/mol. The standard InChI is InChI=1S/C13H22N6O2/c1-2-12(20)15-10-3-6-18(7-4-10)13(21)11-9-19(8-5-14)17-16-11/h9-10H,2-8,14H2,1H3,(H,15,20). The number of nitrogens with two attached hydrogens (primary N) is 1. The van der Waals surface area contributed by atoms with Crippen LogP contribution in [0.2, 0.25) is 0 Å². The van der Waals surface area contributed by atoms with Crippen LogP contribution >= 0.6 is 0 Å². The highest BCUT2D eigenvalue weighted by molar-refractivity contribution is 5.92. The largest absolute Gasteiger partial charge is 0.353 e. The predicted octanol–water partition coefficient (Wildman–Crippen LogP) is -0.632. The zero-order valence-electron chi connectivity index (χ0n) is 12.3. The van der Waals surface area contributed by atoms with E-state index in [0.29, 0.717) is 38.3 Å². The molecule has 0 aromatic carbocycles. The second-order valence-corrected chi connectivity index (χ2v) is 5.14. The van der Waals surface area contributed by atoms with E-state index in [1.54, 1.807) is 15.8 Å². The van der Waals surface area contributed by atoms with Gasteiger partial charge < -0.3 is 16.0 Å². The highest BCUT2D eigenvalue weighted by Crippen LogP contribution is 2.13. The Morgan fingerprint density at radius 3 is 2.76 bits per heavy atom. The molecule has 0 spiro atoms. The molecule has 3 N–H and O–H groups in total. The lowest BCUT2D eigenvalue weighted by molar-refractivity contribution is -0.121. The molecule has 1 aromatic rings. The molecule has 2 heterocycles. The topological polar surface area (TPSA) is 106 Å². The van der Waals surface area contributed by atoms with Gasteiger partial charge in [0.05, 0.1) is 12.7 Å². The Morgan fingerprint density at radius 2 is 2.14 bits per heavy atom. The van der Waals surface area contributed by atoms with Crippen molar-refractivity contribution >= 4 is 11.8 Å². The number of hydrogen-bond acceptors (Lipinski definition) is 5. The molecule has 1 aliphatic heterocycles. The van der Waals surface area contributed by atoms with Crippen molar-refractivity contribution in [1.82, 2.24) is 25.2 Å². The number of carbonyl (C=O) groups is 2. The third-order valence-electron chi connectivity index (χ3n) is 3.58. The molecular weight excluding hydrogens is 272 g/mol. The van der Waals surface area contributed by atoms with E-state index >= 15 is 0 Å². The van der Waals surface area contributed by atoms with Crippen molar-refractivity contribution in [2.75, 3.05) is 19.6 Å². The second-order valence-electron chi connectivity index (χ2n) is 5.14. The summed E-state index contributed by atoms with van der Waals surface area (Å²) in [5, 5.41) is 10.7. The Labute approximate surface area is 123 Å². The second kappa shape index (κ2) is 7.16. The molecule has 1 saturated heterocycles. The summed E-state index contributed by atoms with van der Waals surface area (Å²) in [5.41, 5.74) is 5.78. The molecule has 8 nitrogen and oxygen atoms in total. The molecule has 0 atom stereocenters. The van der Waals surface area contributed by atoms with E-state index in [2.05, 4.69) is 15.6 Å². The lowest BCUT2D eigenvalue weighted by atomic mass is 10.0. The molecule has 1 fully saturated rings. The van der Waals surface area contributed by atoms with Crippen LogP contribution in [0.3, 0.4) is 0 Å². The Bertz CT molecular complexity index is 493. The molecule has 21 heavy (non-hydrogen) atoms. The molecule has 0 aliphatic carbocycles. The quantitative estimate of drug-likeness (QED) is 0.752. The Kier molecular flexibility index (Phi) is 5.26. The van der Waals surface area contributed by atoms with Crippen LogP contribution in [0.15, 0.2) is 6.20 Å². The molecule has 8 heteroatoms. The Hall–Kier alpha value is -1.96. The van der Waals surface area contributed by atoms with Crippen LogP contribution in [0.4, 0.5) is 0 Å². The van der Waals surface area contributed by atoms with Crippen molar-refractivity contribution in [2.24, 2.45) is 5.73 Å². The molecule has 0 unspecified atom stereocenters. The van der Waals surface area contributed by atoms with Crippen molar-refractivity contribution in [3.8, 4) is 0 Å². The number of piperidine rings is 1. The van der Waals surface area contributed by atoms with Crippen LogP contribution in [-0.2, 0) is 11.3 Å². The van der Waals surface area contributed by atoms with Gasteiger partial charge in [0.1, 0.15) is 0 Å². The minimum absolute atomic E-state index is 0.0597. The molecule has 0 saturated carbocycles. The van der Waals surface area contributed by atoms with Gasteiger partial charge in [0.2, 0.25) is 5.91 Å². The van der Waals surface area contributed by atoms with Gasteiger partial charge in [-0.3, -0.25) is 14.3 Å². The summed E-state index contributed by atoms with van der Waals surface area (Å²) in [6.45, 7) is 4.08. The normalized spacial score (nSPS) is 16.0. The maximum Gasteiger partial charge on any atom is 0.276 e. The van der Waals surface area contributed by atoms with Crippen LogP contribution in [0, 0.1) is 0 Å². The fraction of sp³-hybridized carbons (Fsp3) is 0.692. The smallest absolute Gasteiger partial charge is 0.276 e. The number of nitrogens with one attached hydrogen (secondary N) is 1. The van der Waals surface area contributed by atoms with Gasteiger partial charge >= 0.3 is 0 Å². The molecule has 0 radical (unpaired) electrons. The van der Waals surface area contributed by atoms with Crippen molar-refractivity contribution in [1.29, 1.82) is 0 Å². The molecule has 1 aromatic heterocycles. The van der Waals surface area contributed by atoms with Gasteiger partial charge in [0.25, 0.3) is 5.91 Å². The maximum atomic E-state index is 12.3. The lowest BCUT2D eigenvalue weighted by Crippen LogP contribution is -2.46. The highest BCUT2D eigenvalue weighted by atomic mass is 16.2. The first-order valence-electron chi connectivity index (χ1n) is 7.33. The first kappa shape index (κ1) is 15.4. The van der Waals surface area contributed by atoms with Gasteiger partial charge in [-0.25, -0.2) is 0 Å². The van der Waals surface area contributed by atoms with Crippen LogP contribution in [-0.4, -0.2) is 57.4 Å². The molecular formula is C13H22N6O2. The van der Waals surface area contributed by atoms with E-state index in [4.69, 9.17) is 5.73 Å². The van der Waals surface area contributed by atoms with Gasteiger partial charge in [-0.15, -0.1) is 5.10 Å². The number of amides is 2. The monoisotopic (exact) mass is 294 g/mol. The number of carbonyl (C=O) groups excluding carboxylic acids is 2. The molecule has 0 bridgehead atoms. The van der Waals surface area contributed by atoms with E-state index < -0.39 is 0 Å². The van der Waals surface area contributed by atoms with Crippen molar-refractivity contribution < 1.29 is 9.59 Å². The fourth-order valence-electron chi connectivity index (χ4n) is 2.36. The minimum atomic E-state index is -0.112. The van der Waals surface area contributed by atoms with Gasteiger partial charge in [-0.05, 0) is 12.8 Å². The van der Waals surface area contributed by atoms with Crippen LogP contribution < -0.4 is 11.1 Å². The zero-order valence-corrected chi connectivity index (χ0v) is 12.3. The fourth-order valence-corrected chi connectivity index (χ4v) is 2.36. The number of nitrogens with zero attached hydrogens (tertiary/aromatic N) is 4. The number of likely N-dealkylation sites (tertiary alicyclic amines) is 1. The average Bonchev–Trinajstić information content (AvgIpc) is 2.96. The Balaban J connectivity index is 1.86. The van der Waals surface area contributed by atoms with Crippen molar-refractivity contribution in [3.63, 3.8) is 0 Å². The summed E-state index contributed by atoms with van der Waals surface area (Å²) in [7, 11) is 0. The molecule has 2 rings (SSSR count). The van der Waals surface area contributed by atoms with Gasteiger partial charge in [-0.2, -0.15) is 0 Å². The summed E-state index contributed by atoms with van der Waals surface area (Å²) >= 11 is 0. The van der Waals surface area contributed by atoms with Crippen LogP contribution in [0.1, 0.15) is 36.7 Å². The van der Waals surface area contributed by atoms with Gasteiger partial charge in [-0.1, -0.05) is 12.1 Å². The van der Waals surface area contributed by atoms with Crippen molar-refractivity contribution in [2.45, 2.75) is 38.8 Å². The molecule has 2 amide bonds. The number of aromatic nitrogens is 3. The summed E-state index contributed by atoms with van der Waals surface area (Å²) in [5.74, 6) is -0.0527. The summed E-state index contributed by atoms with van der Waals surface area (Å²) in [4.78, 5) is 25.4. The Morgan fingerprint density at radius 1 is 1.43 bits per heavy atom. The van der Waals surface area contributed by atoms with Crippen molar-refractivity contribution in [3.05, 3.63) is 11.9 Å². The van der Waals surface area contributed by atoms with E-state index in [9.17, 15) is 9.59 Å². The van der Waals surface area contributed by atoms with Gasteiger partial charge in [0, 0.05) is 32.1 Å². The average molecular weight is 294 g/mol.